The molecule has 0 aliphatic heterocycles. The van der Waals surface area contributed by atoms with Gasteiger partial charge in [-0.1, -0.05) is 44.9 Å². The van der Waals surface area contributed by atoms with E-state index < -0.39 is 0 Å². The standard InChI is InChI=1S/C17H29N3/c18-13-15(14-6-4-5-7-14)12-16-10-11-20(19-16)17-8-2-1-3-9-17/h10-11,14-15,17H,1-9,12-13,18H2. The molecule has 1 aromatic heterocycles. The van der Waals surface area contributed by atoms with Crippen molar-refractivity contribution in [3.63, 3.8) is 0 Å². The van der Waals surface area contributed by atoms with E-state index in [0.29, 0.717) is 12.0 Å². The van der Waals surface area contributed by atoms with Gasteiger partial charge in [0.25, 0.3) is 0 Å². The summed E-state index contributed by atoms with van der Waals surface area (Å²) in [4.78, 5) is 0. The minimum atomic E-state index is 0.646. The van der Waals surface area contributed by atoms with Gasteiger partial charge in [-0.3, -0.25) is 4.68 Å². The molecule has 0 amide bonds. The zero-order chi connectivity index (χ0) is 13.8. The van der Waals surface area contributed by atoms with E-state index in [0.717, 1.165) is 18.9 Å². The summed E-state index contributed by atoms with van der Waals surface area (Å²) in [5.41, 5.74) is 7.28. The van der Waals surface area contributed by atoms with E-state index in [9.17, 15) is 0 Å². The second-order valence-corrected chi connectivity index (χ2v) is 6.82. The average molecular weight is 275 g/mol. The van der Waals surface area contributed by atoms with Gasteiger partial charge in [0, 0.05) is 6.20 Å². The van der Waals surface area contributed by atoms with Crippen LogP contribution < -0.4 is 5.73 Å². The number of hydrogen-bond donors (Lipinski definition) is 1. The van der Waals surface area contributed by atoms with Gasteiger partial charge < -0.3 is 5.73 Å². The first-order valence-electron chi connectivity index (χ1n) is 8.61. The number of aromatic nitrogens is 2. The molecule has 1 heterocycles. The Morgan fingerprint density at radius 3 is 2.50 bits per heavy atom. The first kappa shape index (κ1) is 14.1. The van der Waals surface area contributed by atoms with Crippen molar-refractivity contribution in [2.45, 2.75) is 70.3 Å². The molecule has 1 atom stereocenters. The van der Waals surface area contributed by atoms with E-state index in [1.165, 1.54) is 63.5 Å². The molecule has 2 aliphatic carbocycles. The van der Waals surface area contributed by atoms with E-state index >= 15 is 0 Å². The van der Waals surface area contributed by atoms with E-state index in [-0.39, 0.29) is 0 Å². The van der Waals surface area contributed by atoms with Crippen molar-refractivity contribution in [1.29, 1.82) is 0 Å². The molecular formula is C17H29N3. The Bertz CT molecular complexity index is 400. The van der Waals surface area contributed by atoms with Crippen LogP contribution in [0.5, 0.6) is 0 Å². The Morgan fingerprint density at radius 1 is 1.10 bits per heavy atom. The molecule has 0 aromatic carbocycles. The van der Waals surface area contributed by atoms with Gasteiger partial charge in [-0.05, 0) is 43.7 Å². The molecular weight excluding hydrogens is 246 g/mol. The summed E-state index contributed by atoms with van der Waals surface area (Å²) in [6.07, 6.45) is 15.6. The fourth-order valence-corrected chi connectivity index (χ4v) is 4.18. The van der Waals surface area contributed by atoms with Crippen LogP contribution in [0.25, 0.3) is 0 Å². The van der Waals surface area contributed by atoms with Crippen LogP contribution in [0.4, 0.5) is 0 Å². The second kappa shape index (κ2) is 6.75. The molecule has 0 bridgehead atoms. The molecule has 0 spiro atoms. The van der Waals surface area contributed by atoms with Gasteiger partial charge in [0.15, 0.2) is 0 Å². The van der Waals surface area contributed by atoms with E-state index in [1.54, 1.807) is 0 Å². The molecule has 2 N–H and O–H groups in total. The maximum atomic E-state index is 6.02. The van der Waals surface area contributed by atoms with Gasteiger partial charge in [0.05, 0.1) is 11.7 Å². The summed E-state index contributed by atoms with van der Waals surface area (Å²) in [6, 6.07) is 2.88. The third-order valence-electron chi connectivity index (χ3n) is 5.45. The van der Waals surface area contributed by atoms with Crippen molar-refractivity contribution in [2.24, 2.45) is 17.6 Å². The number of nitrogens with two attached hydrogens (primary N) is 1. The highest BCUT2D eigenvalue weighted by Gasteiger charge is 2.25. The summed E-state index contributed by atoms with van der Waals surface area (Å²) < 4.78 is 2.23. The Balaban J connectivity index is 1.60. The van der Waals surface area contributed by atoms with Crippen LogP contribution in [-0.2, 0) is 6.42 Å². The van der Waals surface area contributed by atoms with Crippen LogP contribution in [0.1, 0.15) is 69.5 Å². The van der Waals surface area contributed by atoms with Crippen molar-refractivity contribution in [3.05, 3.63) is 18.0 Å². The summed E-state index contributed by atoms with van der Waals surface area (Å²) >= 11 is 0. The third kappa shape index (κ3) is 3.25. The van der Waals surface area contributed by atoms with Crippen molar-refractivity contribution >= 4 is 0 Å². The van der Waals surface area contributed by atoms with Crippen LogP contribution in [0.2, 0.25) is 0 Å². The highest BCUT2D eigenvalue weighted by atomic mass is 15.3. The van der Waals surface area contributed by atoms with Crippen LogP contribution in [0, 0.1) is 11.8 Å². The molecule has 3 nitrogen and oxygen atoms in total. The molecule has 20 heavy (non-hydrogen) atoms. The minimum absolute atomic E-state index is 0.646. The van der Waals surface area contributed by atoms with Gasteiger partial charge in [0.1, 0.15) is 0 Å². The van der Waals surface area contributed by atoms with Crippen LogP contribution >= 0.6 is 0 Å². The molecule has 2 saturated carbocycles. The van der Waals surface area contributed by atoms with Gasteiger partial charge in [0.2, 0.25) is 0 Å². The fourth-order valence-electron chi connectivity index (χ4n) is 4.18. The second-order valence-electron chi connectivity index (χ2n) is 6.82. The van der Waals surface area contributed by atoms with E-state index in [1.807, 2.05) is 0 Å². The smallest absolute Gasteiger partial charge is 0.0628 e. The lowest BCUT2D eigenvalue weighted by atomic mass is 9.87. The van der Waals surface area contributed by atoms with E-state index in [2.05, 4.69) is 16.9 Å². The van der Waals surface area contributed by atoms with Gasteiger partial charge in [-0.15, -0.1) is 0 Å². The quantitative estimate of drug-likeness (QED) is 0.890. The average Bonchev–Trinajstić information content (AvgIpc) is 3.17. The molecule has 2 fully saturated rings. The zero-order valence-corrected chi connectivity index (χ0v) is 12.6. The summed E-state index contributed by atoms with van der Waals surface area (Å²) in [5, 5.41) is 4.85. The first-order valence-corrected chi connectivity index (χ1v) is 8.61. The first-order chi connectivity index (χ1) is 9.86. The van der Waals surface area contributed by atoms with Gasteiger partial charge >= 0.3 is 0 Å². The van der Waals surface area contributed by atoms with Crippen LogP contribution in [-0.4, -0.2) is 16.3 Å². The topological polar surface area (TPSA) is 43.8 Å². The lowest BCUT2D eigenvalue weighted by Gasteiger charge is -2.22. The molecule has 3 heteroatoms. The number of rotatable bonds is 5. The number of nitrogens with zero attached hydrogens (tertiary/aromatic N) is 2. The predicted molar refractivity (Wildman–Crippen MR) is 82.6 cm³/mol. The maximum Gasteiger partial charge on any atom is 0.0628 e. The molecule has 3 rings (SSSR count). The molecule has 112 valence electrons. The molecule has 1 unspecified atom stereocenters. The van der Waals surface area contributed by atoms with Gasteiger partial charge in [-0.2, -0.15) is 5.10 Å². The molecule has 1 aromatic rings. The largest absolute Gasteiger partial charge is 0.330 e. The summed E-state index contributed by atoms with van der Waals surface area (Å²) in [6.45, 7) is 0.820. The zero-order valence-electron chi connectivity index (χ0n) is 12.6. The van der Waals surface area contributed by atoms with E-state index in [4.69, 9.17) is 10.8 Å². The molecule has 0 radical (unpaired) electrons. The van der Waals surface area contributed by atoms with Crippen LogP contribution in [0.15, 0.2) is 12.3 Å². The lowest BCUT2D eigenvalue weighted by Crippen LogP contribution is -2.24. The summed E-state index contributed by atoms with van der Waals surface area (Å²) in [5.74, 6) is 1.49. The Labute approximate surface area is 122 Å². The highest BCUT2D eigenvalue weighted by molar-refractivity contribution is 5.02. The van der Waals surface area contributed by atoms with Crippen molar-refractivity contribution in [3.8, 4) is 0 Å². The number of hydrogen-bond acceptors (Lipinski definition) is 2. The SMILES string of the molecule is NCC(Cc1ccn(C2CCCCC2)n1)C1CCCC1. The maximum absolute atomic E-state index is 6.02. The Morgan fingerprint density at radius 2 is 1.80 bits per heavy atom. The van der Waals surface area contributed by atoms with Crippen molar-refractivity contribution < 1.29 is 0 Å². The normalized spacial score (nSPS) is 23.2. The van der Waals surface area contributed by atoms with Gasteiger partial charge in [-0.25, -0.2) is 0 Å². The highest BCUT2D eigenvalue weighted by Crippen LogP contribution is 2.33. The Hall–Kier alpha value is -0.830. The lowest BCUT2D eigenvalue weighted by molar-refractivity contribution is 0.320. The third-order valence-corrected chi connectivity index (χ3v) is 5.45. The Kier molecular flexibility index (Phi) is 4.77. The molecule has 0 saturated heterocycles. The predicted octanol–water partition coefficient (Wildman–Crippen LogP) is 3.70. The fraction of sp³-hybridized carbons (Fsp3) is 0.824. The van der Waals surface area contributed by atoms with Crippen molar-refractivity contribution in [2.75, 3.05) is 6.54 Å². The molecule has 2 aliphatic rings. The monoisotopic (exact) mass is 275 g/mol. The summed E-state index contributed by atoms with van der Waals surface area (Å²) in [7, 11) is 0. The van der Waals surface area contributed by atoms with Crippen molar-refractivity contribution in [1.82, 2.24) is 9.78 Å². The minimum Gasteiger partial charge on any atom is -0.330 e. The van der Waals surface area contributed by atoms with Crippen LogP contribution in [0.3, 0.4) is 0 Å².